The van der Waals surface area contributed by atoms with Crippen molar-refractivity contribution in [3.05, 3.63) is 0 Å². The summed E-state index contributed by atoms with van der Waals surface area (Å²) in [6.45, 7) is 2.73. The Morgan fingerprint density at radius 3 is 2.62 bits per heavy atom. The van der Waals surface area contributed by atoms with E-state index in [0.29, 0.717) is 12.4 Å². The van der Waals surface area contributed by atoms with Gasteiger partial charge in [0.2, 0.25) is 0 Å². The molecule has 2 fully saturated rings. The first-order valence-corrected chi connectivity index (χ1v) is 5.42. The average molecular weight is 182 g/mol. The van der Waals surface area contributed by atoms with Crippen LogP contribution in [0.2, 0.25) is 0 Å². The molecule has 13 heavy (non-hydrogen) atoms. The zero-order chi connectivity index (χ0) is 9.26. The van der Waals surface area contributed by atoms with Crippen LogP contribution in [0, 0.1) is 11.8 Å². The smallest absolute Gasteiger partial charge is 0.166 e. The largest absolute Gasteiger partial charge is 0.365 e. The molecule has 0 aromatic rings. The van der Waals surface area contributed by atoms with E-state index < -0.39 is 0 Å². The second-order valence-corrected chi connectivity index (χ2v) is 4.51. The molecule has 2 nitrogen and oxygen atoms in total. The molecule has 0 aromatic carbocycles. The van der Waals surface area contributed by atoms with Crippen LogP contribution in [0.3, 0.4) is 0 Å². The van der Waals surface area contributed by atoms with Gasteiger partial charge in [-0.3, -0.25) is 4.79 Å². The van der Waals surface area contributed by atoms with Crippen LogP contribution < -0.4 is 0 Å². The first kappa shape index (κ1) is 9.20. The summed E-state index contributed by atoms with van der Waals surface area (Å²) < 4.78 is 5.01. The Kier molecular flexibility index (Phi) is 2.68. The molecule has 1 aliphatic carbocycles. The molecular formula is C11H18O2. The van der Waals surface area contributed by atoms with Gasteiger partial charge in [0.25, 0.3) is 0 Å². The molecule has 1 aliphatic heterocycles. The summed E-state index contributed by atoms with van der Waals surface area (Å²) in [7, 11) is 0. The second kappa shape index (κ2) is 3.79. The van der Waals surface area contributed by atoms with E-state index in [1.54, 1.807) is 0 Å². The maximum atomic E-state index is 11.6. The van der Waals surface area contributed by atoms with E-state index in [1.807, 2.05) is 0 Å². The summed E-state index contributed by atoms with van der Waals surface area (Å²) in [5, 5.41) is 0. The molecule has 74 valence electrons. The van der Waals surface area contributed by atoms with E-state index in [0.717, 1.165) is 12.3 Å². The highest BCUT2D eigenvalue weighted by atomic mass is 16.6. The van der Waals surface area contributed by atoms with Crippen molar-refractivity contribution in [1.82, 2.24) is 0 Å². The monoisotopic (exact) mass is 182 g/mol. The lowest BCUT2D eigenvalue weighted by molar-refractivity contribution is -0.124. The number of Topliss-reactive ketones (excluding diaryl/α,β-unsaturated/α-hetero) is 1. The van der Waals surface area contributed by atoms with E-state index in [9.17, 15) is 4.79 Å². The van der Waals surface area contributed by atoms with E-state index >= 15 is 0 Å². The van der Waals surface area contributed by atoms with Gasteiger partial charge in [0.15, 0.2) is 5.78 Å². The van der Waals surface area contributed by atoms with E-state index in [2.05, 4.69) is 6.92 Å². The fourth-order valence-electron chi connectivity index (χ4n) is 2.39. The van der Waals surface area contributed by atoms with Gasteiger partial charge in [0, 0.05) is 5.92 Å². The quantitative estimate of drug-likeness (QED) is 0.624. The van der Waals surface area contributed by atoms with Crippen molar-refractivity contribution in [3.63, 3.8) is 0 Å². The Hall–Kier alpha value is -0.370. The molecule has 0 spiro atoms. The van der Waals surface area contributed by atoms with E-state index in [-0.39, 0.29) is 12.0 Å². The Labute approximate surface area is 79.7 Å². The molecule has 2 aliphatic rings. The van der Waals surface area contributed by atoms with Gasteiger partial charge in [-0.15, -0.1) is 0 Å². The minimum absolute atomic E-state index is 0.0311. The lowest BCUT2D eigenvalue weighted by Crippen LogP contribution is -2.19. The van der Waals surface area contributed by atoms with Gasteiger partial charge in [0.1, 0.15) is 6.10 Å². The lowest BCUT2D eigenvalue weighted by atomic mass is 9.91. The highest BCUT2D eigenvalue weighted by Crippen LogP contribution is 2.31. The van der Waals surface area contributed by atoms with Gasteiger partial charge in [-0.1, -0.05) is 32.6 Å². The van der Waals surface area contributed by atoms with E-state index in [1.165, 1.54) is 25.7 Å². The van der Waals surface area contributed by atoms with Gasteiger partial charge >= 0.3 is 0 Å². The molecule has 1 heterocycles. The van der Waals surface area contributed by atoms with Crippen molar-refractivity contribution in [1.29, 1.82) is 0 Å². The summed E-state index contributed by atoms with van der Waals surface area (Å²) in [5.74, 6) is 1.39. The van der Waals surface area contributed by atoms with E-state index in [4.69, 9.17) is 4.74 Å². The molecule has 2 heteroatoms. The normalized spacial score (nSPS) is 30.4. The van der Waals surface area contributed by atoms with Gasteiger partial charge in [-0.2, -0.15) is 0 Å². The zero-order valence-electron chi connectivity index (χ0n) is 8.29. The number of hydrogen-bond acceptors (Lipinski definition) is 2. The summed E-state index contributed by atoms with van der Waals surface area (Å²) in [4.78, 5) is 11.6. The molecule has 0 unspecified atom stereocenters. The van der Waals surface area contributed by atoms with Crippen LogP contribution in [-0.2, 0) is 9.53 Å². The fourth-order valence-corrected chi connectivity index (χ4v) is 2.39. The molecule has 0 radical (unpaired) electrons. The number of ketones is 1. The Morgan fingerprint density at radius 2 is 2.08 bits per heavy atom. The SMILES string of the molecule is C[C@@H](CC1CCCC1)C(=O)[C@H]1CO1. The topological polar surface area (TPSA) is 29.6 Å². The number of ether oxygens (including phenoxy) is 1. The average Bonchev–Trinajstić information content (AvgIpc) is 2.85. The first-order valence-electron chi connectivity index (χ1n) is 5.42. The van der Waals surface area contributed by atoms with Crippen molar-refractivity contribution in [2.45, 2.75) is 45.1 Å². The Morgan fingerprint density at radius 1 is 1.46 bits per heavy atom. The van der Waals surface area contributed by atoms with Crippen LogP contribution in [0.1, 0.15) is 39.0 Å². The van der Waals surface area contributed by atoms with Gasteiger partial charge < -0.3 is 4.74 Å². The highest BCUT2D eigenvalue weighted by Gasteiger charge is 2.35. The zero-order valence-corrected chi connectivity index (χ0v) is 8.29. The molecule has 1 saturated carbocycles. The molecule has 0 bridgehead atoms. The van der Waals surface area contributed by atoms with Gasteiger partial charge in [-0.05, 0) is 12.3 Å². The number of rotatable bonds is 4. The Bertz CT molecular complexity index is 190. The van der Waals surface area contributed by atoms with Crippen LogP contribution in [0.25, 0.3) is 0 Å². The Balaban J connectivity index is 1.75. The number of carbonyl (C=O) groups is 1. The van der Waals surface area contributed by atoms with Crippen molar-refractivity contribution >= 4 is 5.78 Å². The molecule has 1 saturated heterocycles. The number of epoxide rings is 1. The lowest BCUT2D eigenvalue weighted by Gasteiger charge is -2.13. The molecule has 2 atom stereocenters. The summed E-state index contributed by atoms with van der Waals surface area (Å²) in [6, 6.07) is 0. The molecule has 2 rings (SSSR count). The molecular weight excluding hydrogens is 164 g/mol. The van der Waals surface area contributed by atoms with Crippen molar-refractivity contribution < 1.29 is 9.53 Å². The maximum Gasteiger partial charge on any atom is 0.166 e. The van der Waals surface area contributed by atoms with Crippen LogP contribution >= 0.6 is 0 Å². The predicted molar refractivity (Wildman–Crippen MR) is 50.5 cm³/mol. The standard InChI is InChI=1S/C11H18O2/c1-8(11(12)10-7-13-10)6-9-4-2-3-5-9/h8-10H,2-7H2,1H3/t8-,10+/m0/s1. The van der Waals surface area contributed by atoms with Gasteiger partial charge in [-0.25, -0.2) is 0 Å². The maximum absolute atomic E-state index is 11.6. The number of hydrogen-bond donors (Lipinski definition) is 0. The fraction of sp³-hybridized carbons (Fsp3) is 0.909. The van der Waals surface area contributed by atoms with Crippen molar-refractivity contribution in [2.24, 2.45) is 11.8 Å². The highest BCUT2D eigenvalue weighted by molar-refractivity contribution is 5.86. The third-order valence-corrected chi connectivity index (χ3v) is 3.30. The minimum atomic E-state index is -0.0311. The predicted octanol–water partition coefficient (Wildman–Crippen LogP) is 2.17. The second-order valence-electron chi connectivity index (χ2n) is 4.51. The summed E-state index contributed by atoms with van der Waals surface area (Å²) in [6.07, 6.45) is 6.47. The summed E-state index contributed by atoms with van der Waals surface area (Å²) >= 11 is 0. The molecule has 0 aromatic heterocycles. The number of carbonyl (C=O) groups excluding carboxylic acids is 1. The minimum Gasteiger partial charge on any atom is -0.365 e. The first-order chi connectivity index (χ1) is 6.27. The van der Waals surface area contributed by atoms with Crippen molar-refractivity contribution in [3.8, 4) is 0 Å². The van der Waals surface area contributed by atoms with Crippen LogP contribution in [-0.4, -0.2) is 18.5 Å². The van der Waals surface area contributed by atoms with Crippen LogP contribution in [0.4, 0.5) is 0 Å². The third-order valence-electron chi connectivity index (χ3n) is 3.30. The van der Waals surface area contributed by atoms with Crippen LogP contribution in [0.15, 0.2) is 0 Å². The third kappa shape index (κ3) is 2.31. The van der Waals surface area contributed by atoms with Crippen LogP contribution in [0.5, 0.6) is 0 Å². The summed E-state index contributed by atoms with van der Waals surface area (Å²) in [5.41, 5.74) is 0. The molecule has 0 amide bonds. The van der Waals surface area contributed by atoms with Crippen molar-refractivity contribution in [2.75, 3.05) is 6.61 Å². The van der Waals surface area contributed by atoms with Gasteiger partial charge in [0.05, 0.1) is 6.61 Å². The molecule has 0 N–H and O–H groups in total.